The highest BCUT2D eigenvalue weighted by molar-refractivity contribution is 6.18. The van der Waals surface area contributed by atoms with Crippen molar-refractivity contribution >= 4 is 17.5 Å². The van der Waals surface area contributed by atoms with Crippen molar-refractivity contribution in [3.63, 3.8) is 0 Å². The molecule has 3 N–H and O–H groups in total. The van der Waals surface area contributed by atoms with E-state index in [0.717, 1.165) is 0 Å². The van der Waals surface area contributed by atoms with Crippen LogP contribution in [-0.4, -0.2) is 28.5 Å². The van der Waals surface area contributed by atoms with Crippen molar-refractivity contribution in [2.24, 2.45) is 0 Å². The minimum Gasteiger partial charge on any atom is -0.350 e. The van der Waals surface area contributed by atoms with E-state index < -0.39 is 0 Å². The molecular weight excluding hydrogens is 182 g/mol. The van der Waals surface area contributed by atoms with Crippen LogP contribution in [0.2, 0.25) is 0 Å². The Balaban J connectivity index is 2.59. The summed E-state index contributed by atoms with van der Waals surface area (Å²) in [7, 11) is 0. The first-order valence-corrected chi connectivity index (χ1v) is 3.89. The summed E-state index contributed by atoms with van der Waals surface area (Å²) in [4.78, 5) is 21.6. The second-order valence-electron chi connectivity index (χ2n) is 2.12. The fourth-order valence-corrected chi connectivity index (χ4v) is 0.805. The van der Waals surface area contributed by atoms with Gasteiger partial charge in [-0.05, 0) is 0 Å². The van der Waals surface area contributed by atoms with Crippen LogP contribution >= 0.6 is 11.6 Å². The average molecular weight is 190 g/mol. The maximum absolute atomic E-state index is 11.1. The molecule has 0 unspecified atom stereocenters. The van der Waals surface area contributed by atoms with Gasteiger partial charge in [-0.1, -0.05) is 0 Å². The molecule has 0 bridgehead atoms. The fraction of sp³-hybridized carbons (Fsp3) is 0.333. The quantitative estimate of drug-likeness (QED) is 0.570. The van der Waals surface area contributed by atoms with Crippen LogP contribution in [0.4, 0.5) is 0 Å². The van der Waals surface area contributed by atoms with Crippen molar-refractivity contribution in [1.29, 1.82) is 0 Å². The number of alkyl halides is 1. The molecule has 1 heterocycles. The number of rotatable bonds is 3. The minimum absolute atomic E-state index is 0.213. The maximum Gasteiger partial charge on any atom is 0.269 e. The van der Waals surface area contributed by atoms with E-state index in [1.807, 2.05) is 0 Å². The molecule has 1 rings (SSSR count). The lowest BCUT2D eigenvalue weighted by atomic mass is 10.4. The van der Waals surface area contributed by atoms with Crippen LogP contribution in [-0.2, 0) is 0 Å². The summed E-state index contributed by atoms with van der Waals surface area (Å²) in [5, 5.41) is 7.17. The number of amides is 1. The number of aromatic nitrogens is 2. The van der Waals surface area contributed by atoms with Crippen LogP contribution in [0, 0.1) is 0 Å². The summed E-state index contributed by atoms with van der Waals surface area (Å²) >= 11 is 5.34. The molecule has 1 aromatic heterocycles. The van der Waals surface area contributed by atoms with Gasteiger partial charge in [0.25, 0.3) is 11.5 Å². The zero-order valence-corrected chi connectivity index (χ0v) is 6.94. The Morgan fingerprint density at radius 2 is 2.33 bits per heavy atom. The zero-order valence-electron chi connectivity index (χ0n) is 6.19. The van der Waals surface area contributed by atoms with Crippen molar-refractivity contribution < 1.29 is 4.79 Å². The lowest BCUT2D eigenvalue weighted by molar-refractivity contribution is 0.0951. The molecule has 66 valence electrons. The highest BCUT2D eigenvalue weighted by Crippen LogP contribution is 1.86. The third-order valence-electron chi connectivity index (χ3n) is 1.22. The van der Waals surface area contributed by atoms with Crippen LogP contribution in [0.15, 0.2) is 10.9 Å². The summed E-state index contributed by atoms with van der Waals surface area (Å²) in [5.74, 6) is 0.00873. The first-order chi connectivity index (χ1) is 5.74. The Hall–Kier alpha value is -1.23. The largest absolute Gasteiger partial charge is 0.350 e. The first-order valence-electron chi connectivity index (χ1n) is 3.36. The molecule has 0 aliphatic heterocycles. The maximum atomic E-state index is 11.1. The van der Waals surface area contributed by atoms with Crippen LogP contribution in [0.1, 0.15) is 10.5 Å². The lowest BCUT2D eigenvalue weighted by Crippen LogP contribution is -2.25. The van der Waals surface area contributed by atoms with Crippen molar-refractivity contribution in [1.82, 2.24) is 15.5 Å². The van der Waals surface area contributed by atoms with Crippen LogP contribution in [0.5, 0.6) is 0 Å². The highest BCUT2D eigenvalue weighted by Gasteiger charge is 2.05. The lowest BCUT2D eigenvalue weighted by Gasteiger charge is -1.97. The Morgan fingerprint density at radius 1 is 1.58 bits per heavy atom. The molecule has 1 aromatic rings. The van der Waals surface area contributed by atoms with Crippen molar-refractivity contribution in [3.8, 4) is 0 Å². The van der Waals surface area contributed by atoms with Gasteiger partial charge in [0.15, 0.2) is 0 Å². The van der Waals surface area contributed by atoms with Crippen molar-refractivity contribution in [2.75, 3.05) is 12.4 Å². The Labute approximate surface area is 73.1 Å². The van der Waals surface area contributed by atoms with Gasteiger partial charge in [0.05, 0.1) is 0 Å². The van der Waals surface area contributed by atoms with E-state index in [1.165, 1.54) is 6.07 Å². The zero-order chi connectivity index (χ0) is 8.97. The van der Waals surface area contributed by atoms with E-state index >= 15 is 0 Å². The average Bonchev–Trinajstić information content (AvgIpc) is 2.47. The van der Waals surface area contributed by atoms with E-state index in [2.05, 4.69) is 15.5 Å². The predicted molar refractivity (Wildman–Crippen MR) is 44.5 cm³/mol. The monoisotopic (exact) mass is 189 g/mol. The molecule has 0 radical (unpaired) electrons. The van der Waals surface area contributed by atoms with Crippen LogP contribution in [0.25, 0.3) is 0 Å². The van der Waals surface area contributed by atoms with Crippen LogP contribution < -0.4 is 10.9 Å². The number of hydrogen-bond acceptors (Lipinski definition) is 2. The molecule has 1 amide bonds. The molecular formula is C6H8ClN3O2. The Kier molecular flexibility index (Phi) is 2.93. The molecule has 0 saturated heterocycles. The van der Waals surface area contributed by atoms with Crippen molar-refractivity contribution in [3.05, 3.63) is 22.1 Å². The van der Waals surface area contributed by atoms with Crippen molar-refractivity contribution in [2.45, 2.75) is 0 Å². The van der Waals surface area contributed by atoms with E-state index in [-0.39, 0.29) is 17.2 Å². The van der Waals surface area contributed by atoms with Gasteiger partial charge < -0.3 is 5.32 Å². The third-order valence-corrected chi connectivity index (χ3v) is 1.41. The highest BCUT2D eigenvalue weighted by atomic mass is 35.5. The molecule has 12 heavy (non-hydrogen) atoms. The van der Waals surface area contributed by atoms with Gasteiger partial charge in [-0.15, -0.1) is 11.6 Å². The van der Waals surface area contributed by atoms with Gasteiger partial charge in [0, 0.05) is 18.5 Å². The van der Waals surface area contributed by atoms with Gasteiger partial charge >= 0.3 is 0 Å². The van der Waals surface area contributed by atoms with E-state index in [0.29, 0.717) is 12.4 Å². The second-order valence-corrected chi connectivity index (χ2v) is 2.50. The number of carbonyl (C=O) groups is 1. The molecule has 0 aromatic carbocycles. The molecule has 0 aliphatic carbocycles. The smallest absolute Gasteiger partial charge is 0.269 e. The van der Waals surface area contributed by atoms with Gasteiger partial charge in [-0.3, -0.25) is 19.8 Å². The minimum atomic E-state index is -0.339. The standard InChI is InChI=1S/C6H8ClN3O2/c7-1-2-8-6(12)4-3-5(11)10-9-4/h3H,1-2H2,(H,8,12)(H2,9,10,11). The fourth-order valence-electron chi connectivity index (χ4n) is 0.711. The Bertz CT molecular complexity index is 317. The van der Waals surface area contributed by atoms with E-state index in [4.69, 9.17) is 11.6 Å². The number of halogens is 1. The molecule has 0 spiro atoms. The van der Waals surface area contributed by atoms with Gasteiger partial charge in [-0.2, -0.15) is 0 Å². The summed E-state index contributed by atoms with van der Waals surface area (Å²) < 4.78 is 0. The molecule has 6 heteroatoms. The molecule has 0 atom stereocenters. The van der Waals surface area contributed by atoms with E-state index in [1.54, 1.807) is 0 Å². The number of hydrogen-bond donors (Lipinski definition) is 3. The molecule has 0 saturated carbocycles. The normalized spacial score (nSPS) is 9.75. The summed E-state index contributed by atoms with van der Waals surface area (Å²) in [6.07, 6.45) is 0. The summed E-state index contributed by atoms with van der Waals surface area (Å²) in [5.41, 5.74) is -0.115. The Morgan fingerprint density at radius 3 is 2.83 bits per heavy atom. The van der Waals surface area contributed by atoms with E-state index in [9.17, 15) is 9.59 Å². The molecule has 5 nitrogen and oxygen atoms in total. The van der Waals surface area contributed by atoms with Gasteiger partial charge in [0.1, 0.15) is 5.69 Å². The molecule has 0 fully saturated rings. The first kappa shape index (κ1) is 8.86. The van der Waals surface area contributed by atoms with Crippen LogP contribution in [0.3, 0.4) is 0 Å². The predicted octanol–water partition coefficient (Wildman–Crippen LogP) is -0.328. The second kappa shape index (κ2) is 3.96. The van der Waals surface area contributed by atoms with Gasteiger partial charge in [0.2, 0.25) is 0 Å². The summed E-state index contributed by atoms with van der Waals surface area (Å²) in [6, 6.07) is 1.18. The summed E-state index contributed by atoms with van der Waals surface area (Å²) in [6.45, 7) is 0.383. The topological polar surface area (TPSA) is 77.8 Å². The molecule has 0 aliphatic rings. The third kappa shape index (κ3) is 2.13. The number of aromatic amines is 2. The number of nitrogens with one attached hydrogen (secondary N) is 3. The number of H-pyrrole nitrogens is 2. The van der Waals surface area contributed by atoms with Gasteiger partial charge in [-0.25, -0.2) is 0 Å². The number of carbonyl (C=O) groups excluding carboxylic acids is 1. The SMILES string of the molecule is O=C(NCCCl)c1cc(=O)[nH][nH]1.